The van der Waals surface area contributed by atoms with Crippen LogP contribution in [0.4, 0.5) is 5.82 Å². The zero-order valence-corrected chi connectivity index (χ0v) is 11.7. The van der Waals surface area contributed by atoms with Crippen LogP contribution in [-0.2, 0) is 17.8 Å². The van der Waals surface area contributed by atoms with Crippen molar-refractivity contribution in [3.63, 3.8) is 0 Å². The second-order valence-corrected chi connectivity index (χ2v) is 4.64. The number of aryl methyl sites for hydroxylation is 1. The Kier molecular flexibility index (Phi) is 3.56. The third kappa shape index (κ3) is 2.46. The molecule has 0 unspecified atom stereocenters. The summed E-state index contributed by atoms with van der Waals surface area (Å²) >= 11 is 0. The summed E-state index contributed by atoms with van der Waals surface area (Å²) in [6, 6.07) is 1.84. The molecule has 6 nitrogen and oxygen atoms in total. The van der Waals surface area contributed by atoms with Crippen LogP contribution >= 0.6 is 0 Å². The van der Waals surface area contributed by atoms with Crippen molar-refractivity contribution in [1.29, 1.82) is 0 Å². The van der Waals surface area contributed by atoms with E-state index in [2.05, 4.69) is 25.3 Å². The number of rotatable bonds is 3. The van der Waals surface area contributed by atoms with Crippen LogP contribution in [0.15, 0.2) is 12.3 Å². The Labute approximate surface area is 117 Å². The Morgan fingerprint density at radius 2 is 2.20 bits per heavy atom. The molecule has 1 aliphatic rings. The summed E-state index contributed by atoms with van der Waals surface area (Å²) in [5, 5.41) is 3.29. The molecule has 0 atom stereocenters. The molecule has 2 aromatic heterocycles. The number of ether oxygens (including phenoxy) is 1. The molecule has 0 spiro atoms. The van der Waals surface area contributed by atoms with Gasteiger partial charge in [-0.3, -0.25) is 0 Å². The van der Waals surface area contributed by atoms with Crippen LogP contribution in [0.5, 0.6) is 0 Å². The summed E-state index contributed by atoms with van der Waals surface area (Å²) in [5.41, 5.74) is 2.87. The molecule has 0 saturated heterocycles. The molecule has 0 bridgehead atoms. The van der Waals surface area contributed by atoms with E-state index >= 15 is 0 Å². The number of hydrogen-bond acceptors (Lipinski definition) is 6. The molecule has 6 heteroatoms. The minimum atomic E-state index is 0.570. The molecular weight excluding hydrogens is 254 g/mol. The van der Waals surface area contributed by atoms with Crippen LogP contribution in [0, 0.1) is 6.92 Å². The van der Waals surface area contributed by atoms with E-state index in [0.717, 1.165) is 41.6 Å². The van der Waals surface area contributed by atoms with Gasteiger partial charge in [-0.15, -0.1) is 0 Å². The Balaban J connectivity index is 2.10. The number of hydrogen-bond donors (Lipinski definition) is 1. The fourth-order valence-electron chi connectivity index (χ4n) is 2.24. The SMILES string of the molecule is CCNc1nc(-c2ccnc(C)n2)nc2c1COCC2. The van der Waals surface area contributed by atoms with Crippen molar-refractivity contribution >= 4 is 5.82 Å². The Bertz CT molecular complexity index is 629. The standard InChI is InChI=1S/C14H17N5O/c1-3-15-13-10-8-20-7-5-11(10)18-14(19-13)12-4-6-16-9(2)17-12/h4,6H,3,5,7-8H2,1-2H3,(H,15,18,19). The summed E-state index contributed by atoms with van der Waals surface area (Å²) in [5.74, 6) is 2.22. The highest BCUT2D eigenvalue weighted by atomic mass is 16.5. The quantitative estimate of drug-likeness (QED) is 0.916. The summed E-state index contributed by atoms with van der Waals surface area (Å²) in [6.45, 7) is 6.00. The number of aromatic nitrogens is 4. The van der Waals surface area contributed by atoms with E-state index in [0.29, 0.717) is 19.0 Å². The molecule has 1 N–H and O–H groups in total. The second-order valence-electron chi connectivity index (χ2n) is 4.64. The fourth-order valence-corrected chi connectivity index (χ4v) is 2.24. The van der Waals surface area contributed by atoms with Gasteiger partial charge in [0.1, 0.15) is 17.3 Å². The van der Waals surface area contributed by atoms with Crippen molar-refractivity contribution in [3.05, 3.63) is 29.3 Å². The number of anilines is 1. The minimum absolute atomic E-state index is 0.570. The first-order valence-electron chi connectivity index (χ1n) is 6.79. The van der Waals surface area contributed by atoms with Gasteiger partial charge in [0.15, 0.2) is 5.82 Å². The van der Waals surface area contributed by atoms with E-state index < -0.39 is 0 Å². The summed E-state index contributed by atoms with van der Waals surface area (Å²) < 4.78 is 5.50. The highest BCUT2D eigenvalue weighted by Crippen LogP contribution is 2.25. The van der Waals surface area contributed by atoms with Gasteiger partial charge in [-0.05, 0) is 19.9 Å². The smallest absolute Gasteiger partial charge is 0.180 e. The van der Waals surface area contributed by atoms with Crippen LogP contribution in [-0.4, -0.2) is 33.1 Å². The van der Waals surface area contributed by atoms with Crippen molar-refractivity contribution in [2.75, 3.05) is 18.5 Å². The lowest BCUT2D eigenvalue weighted by atomic mass is 10.1. The minimum Gasteiger partial charge on any atom is -0.376 e. The molecule has 0 radical (unpaired) electrons. The van der Waals surface area contributed by atoms with Crippen molar-refractivity contribution in [1.82, 2.24) is 19.9 Å². The molecule has 0 amide bonds. The van der Waals surface area contributed by atoms with E-state index in [1.807, 2.05) is 19.9 Å². The van der Waals surface area contributed by atoms with Gasteiger partial charge < -0.3 is 10.1 Å². The molecule has 3 heterocycles. The molecule has 2 aromatic rings. The maximum absolute atomic E-state index is 5.50. The van der Waals surface area contributed by atoms with Gasteiger partial charge in [0.05, 0.1) is 18.9 Å². The van der Waals surface area contributed by atoms with Gasteiger partial charge in [-0.1, -0.05) is 0 Å². The monoisotopic (exact) mass is 271 g/mol. The highest BCUT2D eigenvalue weighted by Gasteiger charge is 2.19. The van der Waals surface area contributed by atoms with E-state index in [9.17, 15) is 0 Å². The van der Waals surface area contributed by atoms with Gasteiger partial charge in [-0.2, -0.15) is 0 Å². The van der Waals surface area contributed by atoms with E-state index in [1.165, 1.54) is 0 Å². The van der Waals surface area contributed by atoms with Crippen molar-refractivity contribution in [2.45, 2.75) is 26.9 Å². The summed E-state index contributed by atoms with van der Waals surface area (Å²) in [4.78, 5) is 17.7. The molecule has 0 aromatic carbocycles. The number of nitrogens with one attached hydrogen (secondary N) is 1. The van der Waals surface area contributed by atoms with Crippen LogP contribution in [0.25, 0.3) is 11.5 Å². The van der Waals surface area contributed by atoms with E-state index in [-0.39, 0.29) is 0 Å². The van der Waals surface area contributed by atoms with E-state index in [4.69, 9.17) is 4.74 Å². The molecule has 0 fully saturated rings. The molecule has 3 rings (SSSR count). The first kappa shape index (κ1) is 12.9. The Morgan fingerprint density at radius 3 is 3.00 bits per heavy atom. The first-order valence-corrected chi connectivity index (χ1v) is 6.79. The lowest BCUT2D eigenvalue weighted by Crippen LogP contribution is -2.17. The predicted molar refractivity (Wildman–Crippen MR) is 75.3 cm³/mol. The van der Waals surface area contributed by atoms with Crippen LogP contribution in [0.1, 0.15) is 24.0 Å². The number of nitrogens with zero attached hydrogens (tertiary/aromatic N) is 4. The molecule has 20 heavy (non-hydrogen) atoms. The fraction of sp³-hybridized carbons (Fsp3) is 0.429. The second kappa shape index (κ2) is 5.50. The molecule has 0 aliphatic carbocycles. The van der Waals surface area contributed by atoms with Gasteiger partial charge in [0, 0.05) is 24.7 Å². The molecule has 104 valence electrons. The lowest BCUT2D eigenvalue weighted by Gasteiger charge is -2.19. The van der Waals surface area contributed by atoms with Crippen LogP contribution in [0.2, 0.25) is 0 Å². The zero-order valence-electron chi connectivity index (χ0n) is 11.7. The normalized spacial score (nSPS) is 13.9. The average molecular weight is 271 g/mol. The van der Waals surface area contributed by atoms with Gasteiger partial charge >= 0.3 is 0 Å². The third-order valence-electron chi connectivity index (χ3n) is 3.17. The first-order chi connectivity index (χ1) is 9.78. The lowest BCUT2D eigenvalue weighted by molar-refractivity contribution is 0.109. The van der Waals surface area contributed by atoms with Crippen molar-refractivity contribution < 1.29 is 4.74 Å². The maximum atomic E-state index is 5.50. The molecule has 1 aliphatic heterocycles. The van der Waals surface area contributed by atoms with Crippen LogP contribution < -0.4 is 5.32 Å². The van der Waals surface area contributed by atoms with Gasteiger partial charge in [0.25, 0.3) is 0 Å². The van der Waals surface area contributed by atoms with Crippen molar-refractivity contribution in [2.24, 2.45) is 0 Å². The highest BCUT2D eigenvalue weighted by molar-refractivity contribution is 5.56. The van der Waals surface area contributed by atoms with Crippen molar-refractivity contribution in [3.8, 4) is 11.5 Å². The number of fused-ring (bicyclic) bond motifs is 1. The largest absolute Gasteiger partial charge is 0.376 e. The topological polar surface area (TPSA) is 72.8 Å². The zero-order chi connectivity index (χ0) is 13.9. The van der Waals surface area contributed by atoms with Gasteiger partial charge in [-0.25, -0.2) is 19.9 Å². The van der Waals surface area contributed by atoms with E-state index in [1.54, 1.807) is 6.20 Å². The summed E-state index contributed by atoms with van der Waals surface area (Å²) in [7, 11) is 0. The van der Waals surface area contributed by atoms with Crippen LogP contribution in [0.3, 0.4) is 0 Å². The third-order valence-corrected chi connectivity index (χ3v) is 3.17. The average Bonchev–Trinajstić information content (AvgIpc) is 2.47. The van der Waals surface area contributed by atoms with Gasteiger partial charge in [0.2, 0.25) is 0 Å². The molecule has 0 saturated carbocycles. The predicted octanol–water partition coefficient (Wildman–Crippen LogP) is 1.75. The Morgan fingerprint density at radius 1 is 1.30 bits per heavy atom. The Hall–Kier alpha value is -2.08. The molecular formula is C14H17N5O. The summed E-state index contributed by atoms with van der Waals surface area (Å²) in [6.07, 6.45) is 2.55. The maximum Gasteiger partial charge on any atom is 0.180 e.